The Morgan fingerprint density at radius 3 is 2.53 bits per heavy atom. The van der Waals surface area contributed by atoms with Crippen molar-refractivity contribution in [1.82, 2.24) is 35.1 Å². The highest BCUT2D eigenvalue weighted by Crippen LogP contribution is 2.31. The predicted molar refractivity (Wildman–Crippen MR) is 120 cm³/mol. The Labute approximate surface area is 181 Å². The number of fused-ring (bicyclic) bond motifs is 2. The second kappa shape index (κ2) is 7.05. The first-order valence-corrected chi connectivity index (χ1v) is 10.0. The van der Waals surface area contributed by atoms with Gasteiger partial charge < -0.3 is 4.98 Å². The van der Waals surface area contributed by atoms with Crippen LogP contribution in [0.4, 0.5) is 4.39 Å². The van der Waals surface area contributed by atoms with E-state index in [2.05, 4.69) is 41.2 Å². The molecule has 32 heavy (non-hydrogen) atoms. The maximum absolute atomic E-state index is 13.4. The van der Waals surface area contributed by atoms with Crippen molar-refractivity contribution in [3.63, 3.8) is 0 Å². The van der Waals surface area contributed by atoms with Gasteiger partial charge in [-0.3, -0.25) is 10.1 Å². The molecule has 5 heterocycles. The van der Waals surface area contributed by atoms with Crippen LogP contribution in [0, 0.1) is 12.7 Å². The zero-order valence-corrected chi connectivity index (χ0v) is 17.0. The molecule has 0 aliphatic heterocycles. The summed E-state index contributed by atoms with van der Waals surface area (Å²) >= 11 is 0. The number of aromatic nitrogens is 7. The summed E-state index contributed by atoms with van der Waals surface area (Å²) in [4.78, 5) is 21.2. The molecule has 2 N–H and O–H groups in total. The van der Waals surface area contributed by atoms with Gasteiger partial charge in [0.1, 0.15) is 11.5 Å². The predicted octanol–water partition coefficient (Wildman–Crippen LogP) is 5.07. The van der Waals surface area contributed by atoms with E-state index >= 15 is 0 Å². The molecule has 0 aliphatic carbocycles. The number of halogens is 1. The Morgan fingerprint density at radius 2 is 1.69 bits per heavy atom. The van der Waals surface area contributed by atoms with Gasteiger partial charge >= 0.3 is 0 Å². The molecule has 0 amide bonds. The van der Waals surface area contributed by atoms with Gasteiger partial charge in [-0.05, 0) is 48.4 Å². The van der Waals surface area contributed by atoms with Crippen LogP contribution in [0.3, 0.4) is 0 Å². The van der Waals surface area contributed by atoms with E-state index in [0.29, 0.717) is 17.1 Å². The third kappa shape index (κ3) is 3.01. The van der Waals surface area contributed by atoms with Crippen molar-refractivity contribution < 1.29 is 4.39 Å². The average molecular weight is 421 g/mol. The van der Waals surface area contributed by atoms with Crippen molar-refractivity contribution in [3.8, 4) is 33.8 Å². The van der Waals surface area contributed by atoms with Crippen LogP contribution in [0.25, 0.3) is 56.0 Å². The van der Waals surface area contributed by atoms with Crippen molar-refractivity contribution in [2.75, 3.05) is 0 Å². The van der Waals surface area contributed by atoms with E-state index in [0.717, 1.165) is 44.4 Å². The third-order valence-corrected chi connectivity index (χ3v) is 5.40. The van der Waals surface area contributed by atoms with E-state index in [4.69, 9.17) is 0 Å². The van der Waals surface area contributed by atoms with Gasteiger partial charge in [0.2, 0.25) is 0 Å². The molecule has 0 atom stereocenters. The molecule has 0 aliphatic rings. The van der Waals surface area contributed by atoms with Crippen molar-refractivity contribution >= 4 is 22.2 Å². The van der Waals surface area contributed by atoms with Crippen LogP contribution in [-0.2, 0) is 0 Å². The molecule has 6 aromatic rings. The minimum absolute atomic E-state index is 0.277. The molecule has 0 fully saturated rings. The summed E-state index contributed by atoms with van der Waals surface area (Å²) in [5.74, 6) is 0.325. The molecular weight excluding hydrogens is 405 g/mol. The number of hydrogen-bond acceptors (Lipinski definition) is 5. The summed E-state index contributed by atoms with van der Waals surface area (Å²) in [6.07, 6.45) is 7.12. The Morgan fingerprint density at radius 1 is 0.844 bits per heavy atom. The van der Waals surface area contributed by atoms with E-state index in [1.54, 1.807) is 24.5 Å². The van der Waals surface area contributed by atoms with Gasteiger partial charge in [0.15, 0.2) is 17.1 Å². The summed E-state index contributed by atoms with van der Waals surface area (Å²) in [6.45, 7) is 2.01. The van der Waals surface area contributed by atoms with Crippen LogP contribution in [0.15, 0.2) is 67.3 Å². The molecule has 154 valence electrons. The summed E-state index contributed by atoms with van der Waals surface area (Å²) in [5, 5.41) is 8.22. The smallest absolute Gasteiger partial charge is 0.181 e. The van der Waals surface area contributed by atoms with Crippen LogP contribution >= 0.6 is 0 Å². The van der Waals surface area contributed by atoms with Crippen molar-refractivity contribution in [2.45, 2.75) is 6.92 Å². The number of nitrogens with zero attached hydrogens (tertiary/aromatic N) is 5. The summed E-state index contributed by atoms with van der Waals surface area (Å²) in [7, 11) is 0. The molecule has 1 aromatic carbocycles. The van der Waals surface area contributed by atoms with Gasteiger partial charge in [-0.25, -0.2) is 19.3 Å². The first-order valence-electron chi connectivity index (χ1n) is 10.0. The van der Waals surface area contributed by atoms with E-state index in [1.807, 2.05) is 31.5 Å². The Bertz CT molecular complexity index is 1600. The highest BCUT2D eigenvalue weighted by atomic mass is 19.1. The fraction of sp³-hybridized carbons (Fsp3) is 0.0417. The molecule has 8 heteroatoms. The second-order valence-corrected chi connectivity index (χ2v) is 7.59. The van der Waals surface area contributed by atoms with Crippen LogP contribution < -0.4 is 0 Å². The van der Waals surface area contributed by atoms with Crippen LogP contribution in [0.2, 0.25) is 0 Å². The number of rotatable bonds is 3. The van der Waals surface area contributed by atoms with Crippen LogP contribution in [-0.4, -0.2) is 35.1 Å². The van der Waals surface area contributed by atoms with Gasteiger partial charge in [-0.15, -0.1) is 0 Å². The number of H-pyrrole nitrogens is 2. The zero-order valence-electron chi connectivity index (χ0n) is 17.0. The van der Waals surface area contributed by atoms with E-state index in [-0.39, 0.29) is 5.82 Å². The Hall–Kier alpha value is -4.46. The normalized spacial score (nSPS) is 11.4. The number of benzene rings is 1. The van der Waals surface area contributed by atoms with E-state index in [1.165, 1.54) is 12.1 Å². The standard InChI is InChI=1S/C24H16FN7/c1-13-8-15(11-26-10-13)16-9-19-21(31-32-22(19)28-12-16)24-29-20-18(6-7-27-23(20)30-24)14-2-4-17(25)5-3-14/h2-12H,1H3,(H,27,29,30)(H,28,31,32). The first kappa shape index (κ1) is 18.3. The number of imidazole rings is 1. The summed E-state index contributed by atoms with van der Waals surface area (Å²) in [6, 6.07) is 12.3. The number of pyridine rings is 3. The molecule has 7 nitrogen and oxygen atoms in total. The number of aromatic amines is 2. The third-order valence-electron chi connectivity index (χ3n) is 5.40. The highest BCUT2D eigenvalue weighted by Gasteiger charge is 2.16. The first-order chi connectivity index (χ1) is 15.7. The summed E-state index contributed by atoms with van der Waals surface area (Å²) < 4.78 is 13.4. The number of hydrogen-bond donors (Lipinski definition) is 2. The maximum atomic E-state index is 13.4. The average Bonchev–Trinajstić information content (AvgIpc) is 3.43. The zero-order chi connectivity index (χ0) is 21.7. The van der Waals surface area contributed by atoms with E-state index in [9.17, 15) is 4.39 Å². The largest absolute Gasteiger partial charge is 0.335 e. The Balaban J connectivity index is 1.50. The minimum Gasteiger partial charge on any atom is -0.335 e. The molecule has 5 aromatic heterocycles. The highest BCUT2D eigenvalue weighted by molar-refractivity contribution is 5.96. The van der Waals surface area contributed by atoms with Gasteiger partial charge in [0.25, 0.3) is 0 Å². The lowest BCUT2D eigenvalue weighted by molar-refractivity contribution is 0.628. The van der Waals surface area contributed by atoms with Gasteiger partial charge in [0.05, 0.1) is 10.9 Å². The van der Waals surface area contributed by atoms with Crippen LogP contribution in [0.1, 0.15) is 5.56 Å². The maximum Gasteiger partial charge on any atom is 0.181 e. The molecule has 0 saturated carbocycles. The molecule has 0 saturated heterocycles. The lowest BCUT2D eigenvalue weighted by atomic mass is 10.1. The SMILES string of the molecule is Cc1cncc(-c2cnc3n[nH]c(-c4nc5nccc(-c6ccc(F)cc6)c5[nH]4)c3c2)c1. The molecular formula is C24H16FN7. The topological polar surface area (TPSA) is 96.0 Å². The fourth-order valence-corrected chi connectivity index (χ4v) is 3.85. The summed E-state index contributed by atoms with van der Waals surface area (Å²) in [5.41, 5.74) is 7.41. The minimum atomic E-state index is -0.277. The van der Waals surface area contributed by atoms with Gasteiger partial charge in [-0.2, -0.15) is 5.10 Å². The molecule has 0 spiro atoms. The monoisotopic (exact) mass is 421 g/mol. The fourth-order valence-electron chi connectivity index (χ4n) is 3.85. The molecule has 0 radical (unpaired) electrons. The lowest BCUT2D eigenvalue weighted by Crippen LogP contribution is -1.86. The molecule has 0 unspecified atom stereocenters. The van der Waals surface area contributed by atoms with Crippen LogP contribution in [0.5, 0.6) is 0 Å². The van der Waals surface area contributed by atoms with Gasteiger partial charge in [0, 0.05) is 41.5 Å². The van der Waals surface area contributed by atoms with E-state index < -0.39 is 0 Å². The quantitative estimate of drug-likeness (QED) is 0.416. The molecule has 6 rings (SSSR count). The van der Waals surface area contributed by atoms with Crippen molar-refractivity contribution in [1.29, 1.82) is 0 Å². The molecule has 0 bridgehead atoms. The number of aryl methyl sites for hydroxylation is 1. The second-order valence-electron chi connectivity index (χ2n) is 7.59. The van der Waals surface area contributed by atoms with Crippen molar-refractivity contribution in [2.24, 2.45) is 0 Å². The number of nitrogens with one attached hydrogen (secondary N) is 2. The lowest BCUT2D eigenvalue weighted by Gasteiger charge is -2.03. The Kier molecular flexibility index (Phi) is 4.04. The van der Waals surface area contributed by atoms with Crippen molar-refractivity contribution in [3.05, 3.63) is 78.6 Å². The van der Waals surface area contributed by atoms with Gasteiger partial charge in [-0.1, -0.05) is 12.1 Å².